The van der Waals surface area contributed by atoms with Crippen molar-refractivity contribution < 1.29 is 74.1 Å². The van der Waals surface area contributed by atoms with Gasteiger partial charge in [-0.2, -0.15) is 65.5 Å². The van der Waals surface area contributed by atoms with E-state index < -0.39 is 45.7 Å². The van der Waals surface area contributed by atoms with Gasteiger partial charge in [0.2, 0.25) is 0 Å². The quantitative estimate of drug-likeness (QED) is 0.503. The second-order valence-corrected chi connectivity index (χ2v) is 5.13. The van der Waals surface area contributed by atoms with Crippen LogP contribution in [0.4, 0.5) is 61.0 Å². The zero-order chi connectivity index (χ0) is 20.2. The molecule has 0 aliphatic carbocycles. The van der Waals surface area contributed by atoms with Crippen LogP contribution in [0.5, 0.6) is 0 Å². The number of hydrogen-bond acceptors (Lipinski definition) is 3. The largest absolute Gasteiger partial charge is 0.458 e. The van der Waals surface area contributed by atoms with Gasteiger partial charge in [-0.3, -0.25) is 4.74 Å². The van der Waals surface area contributed by atoms with Gasteiger partial charge in [0, 0.05) is 0 Å². The third-order valence-corrected chi connectivity index (χ3v) is 2.90. The van der Waals surface area contributed by atoms with Gasteiger partial charge in [0.05, 0.1) is 0 Å². The van der Waals surface area contributed by atoms with E-state index in [2.05, 4.69) is 0 Å². The van der Waals surface area contributed by atoms with Gasteiger partial charge in [-0.15, -0.1) is 0 Å². The molecule has 0 heterocycles. The Bertz CT molecular complexity index is 556. The number of rotatable bonds is 5. The van der Waals surface area contributed by atoms with Crippen LogP contribution in [0, 0.1) is 0 Å². The van der Waals surface area contributed by atoms with E-state index in [-0.39, 0.29) is 0 Å². The van der Waals surface area contributed by atoms with Crippen LogP contribution in [0.15, 0.2) is 0 Å². The first-order chi connectivity index (χ1) is 9.96. The highest BCUT2D eigenvalue weighted by molar-refractivity contribution is 7.87. The molecular formula is C6F14O3S. The molecule has 0 aliphatic rings. The molecule has 18 heteroatoms. The van der Waals surface area contributed by atoms with Crippen molar-refractivity contribution in [1.82, 2.24) is 0 Å². The zero-order valence-electron chi connectivity index (χ0n) is 9.92. The topological polar surface area (TPSA) is 43.4 Å². The summed E-state index contributed by atoms with van der Waals surface area (Å²) in [6.07, 6.45) is -22.9. The van der Waals surface area contributed by atoms with E-state index in [0.717, 1.165) is 0 Å². The maximum absolute atomic E-state index is 12.7. The summed E-state index contributed by atoms with van der Waals surface area (Å²) in [6.45, 7) is 0. The number of ether oxygens (including phenoxy) is 1. The van der Waals surface area contributed by atoms with Crippen molar-refractivity contribution in [2.24, 2.45) is 0 Å². The first-order valence-corrected chi connectivity index (χ1v) is 5.94. The molecule has 0 amide bonds. The summed E-state index contributed by atoms with van der Waals surface area (Å²) < 4.78 is 192. The van der Waals surface area contributed by atoms with Crippen molar-refractivity contribution in [3.63, 3.8) is 0 Å². The first-order valence-electron chi connectivity index (χ1n) is 4.56. The molecule has 3 nitrogen and oxygen atoms in total. The molecule has 24 heavy (non-hydrogen) atoms. The highest BCUT2D eigenvalue weighted by atomic mass is 32.3. The summed E-state index contributed by atoms with van der Waals surface area (Å²) in [6, 6.07) is 0. The van der Waals surface area contributed by atoms with Crippen molar-refractivity contribution in [3.05, 3.63) is 0 Å². The van der Waals surface area contributed by atoms with E-state index in [9.17, 15) is 69.4 Å². The van der Waals surface area contributed by atoms with Gasteiger partial charge in [-0.05, 0) is 0 Å². The van der Waals surface area contributed by atoms with Crippen molar-refractivity contribution in [1.29, 1.82) is 0 Å². The molecule has 0 aromatic heterocycles. The summed E-state index contributed by atoms with van der Waals surface area (Å²) >= 11 is 0. The summed E-state index contributed by atoms with van der Waals surface area (Å²) in [5, 5.41) is -7.57. The fraction of sp³-hybridized carbons (Fsp3) is 1.00. The maximum Gasteiger partial charge on any atom is 0.458 e. The molecule has 0 aromatic rings. The minimum atomic E-state index is -8.00. The molecule has 0 atom stereocenters. The monoisotopic (exact) mass is 418 g/mol. The lowest BCUT2D eigenvalue weighted by Gasteiger charge is -2.36. The highest BCUT2D eigenvalue weighted by Crippen LogP contribution is 2.55. The Hall–Kier alpha value is -1.07. The van der Waals surface area contributed by atoms with Gasteiger partial charge in [0.1, 0.15) is 0 Å². The van der Waals surface area contributed by atoms with Crippen molar-refractivity contribution in [2.75, 3.05) is 0 Å². The van der Waals surface area contributed by atoms with Crippen LogP contribution >= 0.6 is 0 Å². The van der Waals surface area contributed by atoms with E-state index in [1.54, 1.807) is 0 Å². The molecule has 0 radical (unpaired) electrons. The van der Waals surface area contributed by atoms with E-state index in [1.165, 1.54) is 4.74 Å². The van der Waals surface area contributed by atoms with Crippen LogP contribution in [0.2, 0.25) is 0 Å². The molecule has 0 saturated heterocycles. The fourth-order valence-corrected chi connectivity index (χ4v) is 1.26. The van der Waals surface area contributed by atoms with Gasteiger partial charge in [-0.25, -0.2) is 0 Å². The molecule has 0 bridgehead atoms. The molecule has 0 N–H and O–H groups in total. The smallest absolute Gasteiger partial charge is 0.262 e. The Morgan fingerprint density at radius 1 is 0.625 bits per heavy atom. The minimum Gasteiger partial charge on any atom is -0.262 e. The molecule has 146 valence electrons. The van der Waals surface area contributed by atoms with E-state index in [0.29, 0.717) is 0 Å². The predicted octanol–water partition coefficient (Wildman–Crippen LogP) is 3.91. The fourth-order valence-electron chi connectivity index (χ4n) is 0.840. The van der Waals surface area contributed by atoms with Crippen LogP contribution < -0.4 is 0 Å². The number of hydrogen-bond donors (Lipinski definition) is 0. The van der Waals surface area contributed by atoms with Crippen LogP contribution in [0.3, 0.4) is 0 Å². The maximum atomic E-state index is 12.7. The van der Waals surface area contributed by atoms with E-state index in [1.807, 2.05) is 0 Å². The van der Waals surface area contributed by atoms with Crippen LogP contribution in [-0.4, -0.2) is 43.9 Å². The van der Waals surface area contributed by atoms with Crippen LogP contribution in [0.25, 0.3) is 0 Å². The van der Waals surface area contributed by atoms with E-state index >= 15 is 0 Å². The Morgan fingerprint density at radius 3 is 1.12 bits per heavy atom. The lowest BCUT2D eigenvalue weighted by molar-refractivity contribution is -0.510. The van der Waals surface area contributed by atoms with Gasteiger partial charge >= 0.3 is 45.7 Å². The van der Waals surface area contributed by atoms with Gasteiger partial charge in [0.15, 0.2) is 0 Å². The van der Waals surface area contributed by atoms with Crippen LogP contribution in [-0.2, 0) is 15.0 Å². The van der Waals surface area contributed by atoms with E-state index in [4.69, 9.17) is 0 Å². The van der Waals surface area contributed by atoms with Gasteiger partial charge < -0.3 is 0 Å². The summed E-state index contributed by atoms with van der Waals surface area (Å²) in [4.78, 5) is 0. The van der Waals surface area contributed by atoms with Gasteiger partial charge in [-0.1, -0.05) is 3.89 Å². The Labute approximate surface area is 121 Å². The first kappa shape index (κ1) is 22.9. The lowest BCUT2D eigenvalue weighted by atomic mass is 10.2. The Balaban J connectivity index is 6.27. The molecule has 0 aliphatic heterocycles. The van der Waals surface area contributed by atoms with Crippen molar-refractivity contribution in [2.45, 2.75) is 35.5 Å². The average molecular weight is 418 g/mol. The second kappa shape index (κ2) is 5.46. The Morgan fingerprint density at radius 2 is 0.917 bits per heavy atom. The third kappa shape index (κ3) is 3.33. The summed E-state index contributed by atoms with van der Waals surface area (Å²) in [5.41, 5.74) is 0. The Kier molecular flexibility index (Phi) is 5.22. The number of halogens is 14. The van der Waals surface area contributed by atoms with Crippen molar-refractivity contribution in [3.8, 4) is 0 Å². The molecule has 0 saturated carbocycles. The minimum absolute atomic E-state index is 1.19. The molecule has 0 spiro atoms. The average Bonchev–Trinajstić information content (AvgIpc) is 2.22. The predicted molar refractivity (Wildman–Crippen MR) is 41.9 cm³/mol. The zero-order valence-corrected chi connectivity index (χ0v) is 10.7. The normalized spacial score (nSPS) is 16.4. The van der Waals surface area contributed by atoms with Crippen molar-refractivity contribution >= 4 is 10.2 Å². The highest BCUT2D eigenvalue weighted by Gasteiger charge is 2.85. The molecular weight excluding hydrogens is 418 g/mol. The second-order valence-electron chi connectivity index (χ2n) is 3.74. The molecule has 0 fully saturated rings. The molecule has 0 unspecified atom stereocenters. The summed E-state index contributed by atoms with van der Waals surface area (Å²) in [7, 11) is -8.00. The SMILES string of the molecule is O=S(=O)(F)C(F)(F)C(F)(F)C(F)(F)OC(F)(C(F)(F)F)C(F)(F)F. The third-order valence-electron chi connectivity index (χ3n) is 2.04. The molecule has 0 rings (SSSR count). The molecule has 0 aromatic carbocycles. The number of alkyl halides is 13. The lowest BCUT2D eigenvalue weighted by Crippen LogP contribution is -2.65. The van der Waals surface area contributed by atoms with Gasteiger partial charge in [0.25, 0.3) is 0 Å². The summed E-state index contributed by atoms with van der Waals surface area (Å²) in [5.74, 6) is -15.5. The standard InChI is InChI=1S/C6F14O3S/c7-1(8,6(18,19)24(20,21)22)5(16,17)23-2(9,3(10,11)12)4(13,14)15. The van der Waals surface area contributed by atoms with Crippen LogP contribution in [0.1, 0.15) is 0 Å².